The van der Waals surface area contributed by atoms with Crippen LogP contribution in [-0.4, -0.2) is 22.6 Å². The summed E-state index contributed by atoms with van der Waals surface area (Å²) in [5.74, 6) is 1.02. The molecule has 0 aliphatic carbocycles. The van der Waals surface area contributed by atoms with Crippen molar-refractivity contribution in [2.24, 2.45) is 0 Å². The first-order chi connectivity index (χ1) is 9.85. The highest BCUT2D eigenvalue weighted by atomic mass is 79.9. The van der Waals surface area contributed by atoms with Crippen molar-refractivity contribution in [3.8, 4) is 11.5 Å². The minimum absolute atomic E-state index is 0.251. The Morgan fingerprint density at radius 2 is 1.67 bits per heavy atom. The van der Waals surface area contributed by atoms with E-state index in [4.69, 9.17) is 9.47 Å². The van der Waals surface area contributed by atoms with E-state index < -0.39 is 10.0 Å². The van der Waals surface area contributed by atoms with Crippen molar-refractivity contribution in [2.75, 3.05) is 18.9 Å². The lowest BCUT2D eigenvalue weighted by Gasteiger charge is -2.11. The predicted molar refractivity (Wildman–Crippen MR) is 87.1 cm³/mol. The van der Waals surface area contributed by atoms with Gasteiger partial charge in [-0.1, -0.05) is 0 Å². The molecular formula is C13H14BrNO4S2. The SMILES string of the molecule is COc1cc(NS(=O)(=O)c2cc(Br)sc2C)cc(OC)c1. The van der Waals surface area contributed by atoms with E-state index in [-0.39, 0.29) is 4.90 Å². The van der Waals surface area contributed by atoms with E-state index in [1.807, 2.05) is 0 Å². The molecule has 2 aromatic rings. The standard InChI is InChI=1S/C13H14BrNO4S2/c1-8-12(7-13(14)20-8)21(16,17)15-9-4-10(18-2)6-11(5-9)19-3/h4-7,15H,1-3H3. The summed E-state index contributed by atoms with van der Waals surface area (Å²) in [7, 11) is -0.640. The second-order valence-corrected chi connectivity index (χ2v) is 8.46. The Hall–Kier alpha value is -1.25. The maximum absolute atomic E-state index is 12.4. The fraction of sp³-hybridized carbons (Fsp3) is 0.231. The van der Waals surface area contributed by atoms with Crippen LogP contribution in [0, 0.1) is 6.92 Å². The van der Waals surface area contributed by atoms with E-state index >= 15 is 0 Å². The number of methoxy groups -OCH3 is 2. The van der Waals surface area contributed by atoms with Gasteiger partial charge < -0.3 is 9.47 Å². The molecular weight excluding hydrogens is 378 g/mol. The third-order valence-electron chi connectivity index (χ3n) is 2.74. The fourth-order valence-corrected chi connectivity index (χ4v) is 5.23. The summed E-state index contributed by atoms with van der Waals surface area (Å²) in [6, 6.07) is 6.44. The van der Waals surface area contributed by atoms with Gasteiger partial charge in [0, 0.05) is 23.1 Å². The number of anilines is 1. The Kier molecular flexibility index (Phi) is 4.80. The van der Waals surface area contributed by atoms with Gasteiger partial charge in [-0.3, -0.25) is 4.72 Å². The van der Waals surface area contributed by atoms with Crippen LogP contribution in [0.4, 0.5) is 5.69 Å². The lowest BCUT2D eigenvalue weighted by atomic mass is 10.3. The number of sulfonamides is 1. The zero-order chi connectivity index (χ0) is 15.6. The number of ether oxygens (including phenoxy) is 2. The molecule has 0 saturated carbocycles. The van der Waals surface area contributed by atoms with E-state index in [0.29, 0.717) is 22.1 Å². The Balaban J connectivity index is 2.39. The summed E-state index contributed by atoms with van der Waals surface area (Å²) in [6.45, 7) is 1.76. The Bertz CT molecular complexity index is 733. The largest absolute Gasteiger partial charge is 0.497 e. The average Bonchev–Trinajstić information content (AvgIpc) is 2.77. The normalized spacial score (nSPS) is 11.2. The van der Waals surface area contributed by atoms with Crippen LogP contribution in [0.1, 0.15) is 4.88 Å². The maximum Gasteiger partial charge on any atom is 0.263 e. The average molecular weight is 392 g/mol. The summed E-state index contributed by atoms with van der Waals surface area (Å²) < 4.78 is 38.4. The van der Waals surface area contributed by atoms with Crippen LogP contribution in [0.15, 0.2) is 32.9 Å². The van der Waals surface area contributed by atoms with Gasteiger partial charge >= 0.3 is 0 Å². The molecule has 0 saturated heterocycles. The van der Waals surface area contributed by atoms with E-state index in [2.05, 4.69) is 20.7 Å². The van der Waals surface area contributed by atoms with Gasteiger partial charge in [0.1, 0.15) is 16.4 Å². The quantitative estimate of drug-likeness (QED) is 0.844. The molecule has 1 aromatic heterocycles. The van der Waals surface area contributed by atoms with E-state index in [1.165, 1.54) is 25.6 Å². The molecule has 0 aliphatic heterocycles. The molecule has 5 nitrogen and oxygen atoms in total. The highest BCUT2D eigenvalue weighted by Gasteiger charge is 2.20. The lowest BCUT2D eigenvalue weighted by molar-refractivity contribution is 0.395. The van der Waals surface area contributed by atoms with Gasteiger partial charge in [0.05, 0.1) is 23.7 Å². The molecule has 8 heteroatoms. The molecule has 0 amide bonds. The van der Waals surface area contributed by atoms with E-state index in [0.717, 1.165) is 3.79 Å². The summed E-state index contributed by atoms with van der Waals surface area (Å²) in [5.41, 5.74) is 0.382. The second kappa shape index (κ2) is 6.25. The number of aryl methyl sites for hydroxylation is 1. The van der Waals surface area contributed by atoms with Crippen LogP contribution < -0.4 is 14.2 Å². The summed E-state index contributed by atoms with van der Waals surface area (Å²) >= 11 is 4.66. The topological polar surface area (TPSA) is 64.6 Å². The number of benzene rings is 1. The molecule has 114 valence electrons. The molecule has 0 radical (unpaired) electrons. The first kappa shape index (κ1) is 16.1. The lowest BCUT2D eigenvalue weighted by Crippen LogP contribution is -2.13. The summed E-state index contributed by atoms with van der Waals surface area (Å²) in [5, 5.41) is 0. The van der Waals surface area contributed by atoms with Gasteiger partial charge in [-0.15, -0.1) is 11.3 Å². The zero-order valence-corrected chi connectivity index (χ0v) is 14.9. The maximum atomic E-state index is 12.4. The van der Waals surface area contributed by atoms with Crippen molar-refractivity contribution in [1.29, 1.82) is 0 Å². The first-order valence-corrected chi connectivity index (χ1v) is 8.97. The van der Waals surface area contributed by atoms with Crippen LogP contribution in [0.3, 0.4) is 0 Å². The summed E-state index contributed by atoms with van der Waals surface area (Å²) in [4.78, 5) is 0.963. The second-order valence-electron chi connectivity index (χ2n) is 4.18. The molecule has 2 rings (SSSR count). The van der Waals surface area contributed by atoms with E-state index in [9.17, 15) is 8.42 Å². The molecule has 0 spiro atoms. The van der Waals surface area contributed by atoms with Crippen LogP contribution in [0.25, 0.3) is 0 Å². The first-order valence-electron chi connectivity index (χ1n) is 5.87. The Morgan fingerprint density at radius 1 is 1.10 bits per heavy atom. The van der Waals surface area contributed by atoms with Crippen LogP contribution in [0.2, 0.25) is 0 Å². The molecule has 0 unspecified atom stereocenters. The minimum atomic E-state index is -3.65. The van der Waals surface area contributed by atoms with Gasteiger partial charge in [-0.25, -0.2) is 8.42 Å². The minimum Gasteiger partial charge on any atom is -0.497 e. The number of hydrogen-bond acceptors (Lipinski definition) is 5. The number of rotatable bonds is 5. The molecule has 1 heterocycles. The van der Waals surface area contributed by atoms with Crippen molar-refractivity contribution in [1.82, 2.24) is 0 Å². The predicted octanol–water partition coefficient (Wildman–Crippen LogP) is 3.64. The zero-order valence-electron chi connectivity index (χ0n) is 11.6. The van der Waals surface area contributed by atoms with Gasteiger partial charge in [-0.2, -0.15) is 0 Å². The molecule has 0 fully saturated rings. The van der Waals surface area contributed by atoms with Gasteiger partial charge in [-0.05, 0) is 28.9 Å². The van der Waals surface area contributed by atoms with Crippen molar-refractivity contribution in [2.45, 2.75) is 11.8 Å². The molecule has 0 bridgehead atoms. The van der Waals surface area contributed by atoms with Crippen molar-refractivity contribution in [3.05, 3.63) is 32.9 Å². The van der Waals surface area contributed by atoms with Crippen LogP contribution in [0.5, 0.6) is 11.5 Å². The molecule has 21 heavy (non-hydrogen) atoms. The fourth-order valence-electron chi connectivity index (χ4n) is 1.77. The number of nitrogens with one attached hydrogen (secondary N) is 1. The van der Waals surface area contributed by atoms with Gasteiger partial charge in [0.15, 0.2) is 0 Å². The molecule has 1 N–H and O–H groups in total. The third-order valence-corrected chi connectivity index (χ3v) is 5.93. The van der Waals surface area contributed by atoms with Crippen molar-refractivity contribution < 1.29 is 17.9 Å². The van der Waals surface area contributed by atoms with Crippen molar-refractivity contribution >= 4 is 43.0 Å². The van der Waals surface area contributed by atoms with Gasteiger partial charge in [0.25, 0.3) is 10.0 Å². The smallest absolute Gasteiger partial charge is 0.263 e. The Labute approximate surface area is 136 Å². The highest BCUT2D eigenvalue weighted by Crippen LogP contribution is 2.32. The molecule has 0 atom stereocenters. The Morgan fingerprint density at radius 3 is 2.10 bits per heavy atom. The molecule has 0 aliphatic rings. The van der Waals surface area contributed by atoms with Gasteiger partial charge in [0.2, 0.25) is 0 Å². The molecule has 1 aromatic carbocycles. The van der Waals surface area contributed by atoms with Crippen molar-refractivity contribution in [3.63, 3.8) is 0 Å². The monoisotopic (exact) mass is 391 g/mol. The van der Waals surface area contributed by atoms with E-state index in [1.54, 1.807) is 31.2 Å². The van der Waals surface area contributed by atoms with Crippen LogP contribution in [-0.2, 0) is 10.0 Å². The number of halogens is 1. The van der Waals surface area contributed by atoms with Crippen LogP contribution >= 0.6 is 27.3 Å². The highest BCUT2D eigenvalue weighted by molar-refractivity contribution is 9.11. The number of hydrogen-bond donors (Lipinski definition) is 1. The summed E-state index contributed by atoms with van der Waals surface area (Å²) in [6.07, 6.45) is 0. The third kappa shape index (κ3) is 3.69. The number of thiophene rings is 1.